The third kappa shape index (κ3) is 2.38. The molecule has 0 aromatic carbocycles. The Bertz CT molecular complexity index is 673. The molecular formula is C15H17F2N3O2S. The van der Waals surface area contributed by atoms with E-state index < -0.39 is 11.9 Å². The maximum atomic E-state index is 14.0. The minimum Gasteiger partial charge on any atom is -0.481 e. The molecule has 1 aromatic heterocycles. The summed E-state index contributed by atoms with van der Waals surface area (Å²) in [6.07, 6.45) is 2.09. The van der Waals surface area contributed by atoms with E-state index >= 15 is 0 Å². The lowest BCUT2D eigenvalue weighted by atomic mass is 10.1. The van der Waals surface area contributed by atoms with Gasteiger partial charge in [-0.25, -0.2) is 9.97 Å². The highest BCUT2D eigenvalue weighted by atomic mass is 32.2. The molecule has 8 heteroatoms. The predicted octanol–water partition coefficient (Wildman–Crippen LogP) is 2.39. The van der Waals surface area contributed by atoms with Gasteiger partial charge in [0.15, 0.2) is 5.16 Å². The van der Waals surface area contributed by atoms with Crippen LogP contribution in [-0.4, -0.2) is 40.4 Å². The summed E-state index contributed by atoms with van der Waals surface area (Å²) in [4.78, 5) is 21.4. The molecule has 1 saturated carbocycles. The van der Waals surface area contributed by atoms with E-state index in [0.717, 1.165) is 0 Å². The van der Waals surface area contributed by atoms with E-state index in [2.05, 4.69) is 14.9 Å². The number of carboxylic acid groups (broad SMARTS) is 1. The molecule has 2 fully saturated rings. The van der Waals surface area contributed by atoms with Crippen molar-refractivity contribution in [3.63, 3.8) is 0 Å². The number of aliphatic carboxylic acids is 1. The van der Waals surface area contributed by atoms with E-state index in [1.165, 1.54) is 11.8 Å². The van der Waals surface area contributed by atoms with Gasteiger partial charge in [0.25, 0.3) is 5.92 Å². The molecule has 0 bridgehead atoms. The van der Waals surface area contributed by atoms with Crippen LogP contribution in [0.25, 0.3) is 0 Å². The first-order chi connectivity index (χ1) is 10.9. The van der Waals surface area contributed by atoms with Crippen LogP contribution in [0.2, 0.25) is 0 Å². The number of hydrogen-bond acceptors (Lipinski definition) is 5. The van der Waals surface area contributed by atoms with Crippen LogP contribution in [0.1, 0.15) is 24.1 Å². The standard InChI is InChI=1S/C15H17F2N3O2S/c1-23-14-18-12-7(2-3-15(12,16)17)13(19-14)20-5-9-8(4-11(21)22)10(9)6-20/h8-10H,2-6H2,1H3,(H,21,22)/t8-,9+,10-. The van der Waals surface area contributed by atoms with E-state index in [1.807, 2.05) is 0 Å². The molecule has 5 nitrogen and oxygen atoms in total. The number of halogens is 2. The minimum absolute atomic E-state index is 0.116. The van der Waals surface area contributed by atoms with Gasteiger partial charge in [0.05, 0.1) is 0 Å². The first-order valence-corrected chi connectivity index (χ1v) is 8.93. The normalized spacial score (nSPS) is 30.2. The van der Waals surface area contributed by atoms with Crippen LogP contribution >= 0.6 is 11.8 Å². The van der Waals surface area contributed by atoms with E-state index in [9.17, 15) is 13.6 Å². The van der Waals surface area contributed by atoms with E-state index in [-0.39, 0.29) is 24.5 Å². The highest BCUT2D eigenvalue weighted by Crippen LogP contribution is 2.55. The third-order valence-corrected chi connectivity index (χ3v) is 5.81. The van der Waals surface area contributed by atoms with Crippen molar-refractivity contribution in [3.8, 4) is 0 Å². The summed E-state index contributed by atoms with van der Waals surface area (Å²) < 4.78 is 28.1. The number of rotatable bonds is 4. The lowest BCUT2D eigenvalue weighted by Gasteiger charge is -2.23. The van der Waals surface area contributed by atoms with Crippen molar-refractivity contribution in [1.82, 2.24) is 9.97 Å². The van der Waals surface area contributed by atoms with Crippen molar-refractivity contribution in [2.75, 3.05) is 24.2 Å². The number of alkyl halides is 2. The van der Waals surface area contributed by atoms with Crippen molar-refractivity contribution in [2.45, 2.75) is 30.3 Å². The molecule has 0 unspecified atom stereocenters. The van der Waals surface area contributed by atoms with Gasteiger partial charge in [0.1, 0.15) is 11.5 Å². The number of nitrogens with zero attached hydrogens (tertiary/aromatic N) is 3. The number of carbonyl (C=O) groups is 1. The number of carboxylic acids is 1. The lowest BCUT2D eigenvalue weighted by Crippen LogP contribution is -2.27. The SMILES string of the molecule is CSc1nc(N2C[C@@H]3[C@H](CC(=O)O)[C@@H]3C2)c2c(n1)C(F)(F)CC2. The molecular weight excluding hydrogens is 324 g/mol. The number of hydrogen-bond donors (Lipinski definition) is 1. The van der Waals surface area contributed by atoms with E-state index in [4.69, 9.17) is 5.11 Å². The molecule has 124 valence electrons. The molecule has 3 aliphatic rings. The fraction of sp³-hybridized carbons (Fsp3) is 0.667. The van der Waals surface area contributed by atoms with Gasteiger partial charge in [-0.1, -0.05) is 11.8 Å². The number of thioether (sulfide) groups is 1. The quantitative estimate of drug-likeness (QED) is 0.670. The average Bonchev–Trinajstić information content (AvgIpc) is 2.87. The van der Waals surface area contributed by atoms with Crippen LogP contribution in [0.5, 0.6) is 0 Å². The first-order valence-electron chi connectivity index (χ1n) is 7.70. The summed E-state index contributed by atoms with van der Waals surface area (Å²) in [6.45, 7) is 1.43. The fourth-order valence-electron chi connectivity index (χ4n) is 4.06. The predicted molar refractivity (Wildman–Crippen MR) is 81.0 cm³/mol. The average molecular weight is 341 g/mol. The maximum Gasteiger partial charge on any atom is 0.303 e. The van der Waals surface area contributed by atoms with Gasteiger partial charge in [-0.3, -0.25) is 4.79 Å². The third-order valence-electron chi connectivity index (χ3n) is 5.26. The van der Waals surface area contributed by atoms with Crippen LogP contribution in [0.4, 0.5) is 14.6 Å². The zero-order valence-corrected chi connectivity index (χ0v) is 13.4. The monoisotopic (exact) mass is 341 g/mol. The van der Waals surface area contributed by atoms with Crippen molar-refractivity contribution in [1.29, 1.82) is 0 Å². The summed E-state index contributed by atoms with van der Waals surface area (Å²) in [5.74, 6) is -2.04. The highest BCUT2D eigenvalue weighted by molar-refractivity contribution is 7.98. The van der Waals surface area contributed by atoms with Crippen molar-refractivity contribution in [3.05, 3.63) is 11.3 Å². The second-order valence-corrected chi connectivity index (χ2v) is 7.33. The molecule has 23 heavy (non-hydrogen) atoms. The maximum absolute atomic E-state index is 14.0. The van der Waals surface area contributed by atoms with Gasteiger partial charge in [-0.05, 0) is 30.4 Å². The lowest BCUT2D eigenvalue weighted by molar-refractivity contribution is -0.137. The van der Waals surface area contributed by atoms with Crippen molar-refractivity contribution in [2.24, 2.45) is 17.8 Å². The van der Waals surface area contributed by atoms with Gasteiger partial charge >= 0.3 is 5.97 Å². The fourth-order valence-corrected chi connectivity index (χ4v) is 4.43. The van der Waals surface area contributed by atoms with Crippen LogP contribution in [0.3, 0.4) is 0 Å². The Hall–Kier alpha value is -1.44. The smallest absolute Gasteiger partial charge is 0.303 e. The van der Waals surface area contributed by atoms with E-state index in [1.54, 1.807) is 6.26 Å². The Balaban J connectivity index is 1.60. The highest BCUT2D eigenvalue weighted by Gasteiger charge is 2.57. The molecule has 2 heterocycles. The Morgan fingerprint density at radius 3 is 2.70 bits per heavy atom. The Morgan fingerprint density at radius 2 is 2.09 bits per heavy atom. The molecule has 1 aliphatic heterocycles. The second-order valence-electron chi connectivity index (χ2n) is 6.56. The topological polar surface area (TPSA) is 66.3 Å². The van der Waals surface area contributed by atoms with Crippen molar-refractivity contribution >= 4 is 23.5 Å². The summed E-state index contributed by atoms with van der Waals surface area (Å²) in [5.41, 5.74) is 0.457. The molecule has 4 rings (SSSR count). The summed E-state index contributed by atoms with van der Waals surface area (Å²) in [7, 11) is 0. The molecule has 2 aliphatic carbocycles. The molecule has 0 amide bonds. The molecule has 3 atom stereocenters. The Morgan fingerprint density at radius 1 is 1.39 bits per heavy atom. The van der Waals surface area contributed by atoms with Crippen molar-refractivity contribution < 1.29 is 18.7 Å². The molecule has 0 radical (unpaired) electrons. The van der Waals surface area contributed by atoms with Crippen LogP contribution < -0.4 is 4.90 Å². The zero-order chi connectivity index (χ0) is 16.4. The molecule has 1 aromatic rings. The second kappa shape index (κ2) is 5.03. The van der Waals surface area contributed by atoms with Crippen LogP contribution in [0, 0.1) is 17.8 Å². The summed E-state index contributed by atoms with van der Waals surface area (Å²) in [6, 6.07) is 0. The first kappa shape index (κ1) is 15.1. The Kier molecular flexibility index (Phi) is 3.30. The van der Waals surface area contributed by atoms with Gasteiger partial charge in [0, 0.05) is 31.5 Å². The number of fused-ring (bicyclic) bond motifs is 2. The number of aromatic nitrogens is 2. The molecule has 0 spiro atoms. The largest absolute Gasteiger partial charge is 0.481 e. The number of anilines is 1. The zero-order valence-electron chi connectivity index (χ0n) is 12.6. The van der Waals surface area contributed by atoms with Gasteiger partial charge < -0.3 is 10.0 Å². The molecule has 1 N–H and O–H groups in total. The molecule has 1 saturated heterocycles. The Labute approximate surface area is 136 Å². The summed E-state index contributed by atoms with van der Waals surface area (Å²) >= 11 is 1.27. The number of piperidine rings is 1. The minimum atomic E-state index is -2.87. The van der Waals surface area contributed by atoms with Gasteiger partial charge in [-0.15, -0.1) is 0 Å². The summed E-state index contributed by atoms with van der Waals surface area (Å²) in [5, 5.41) is 9.27. The van der Waals surface area contributed by atoms with Crippen LogP contribution in [0.15, 0.2) is 5.16 Å². The van der Waals surface area contributed by atoms with Gasteiger partial charge in [0.2, 0.25) is 0 Å². The van der Waals surface area contributed by atoms with Gasteiger partial charge in [-0.2, -0.15) is 8.78 Å². The van der Waals surface area contributed by atoms with Crippen LogP contribution in [-0.2, 0) is 17.1 Å². The van der Waals surface area contributed by atoms with E-state index in [0.29, 0.717) is 47.9 Å².